The minimum Gasteiger partial charge on any atom is -0.329 e. The summed E-state index contributed by atoms with van der Waals surface area (Å²) in [6.45, 7) is 2.41. The second kappa shape index (κ2) is 7.47. The average Bonchev–Trinajstić information content (AvgIpc) is 2.62. The fourth-order valence-corrected chi connectivity index (χ4v) is 3.13. The molecule has 0 aliphatic carbocycles. The summed E-state index contributed by atoms with van der Waals surface area (Å²) in [7, 11) is 0. The molecule has 2 aromatic carbocycles. The van der Waals surface area contributed by atoms with Crippen LogP contribution in [0.25, 0.3) is 0 Å². The Labute approximate surface area is 146 Å². The lowest BCUT2D eigenvalue weighted by Crippen LogP contribution is -2.44. The third-order valence-corrected chi connectivity index (χ3v) is 4.47. The molecule has 0 aromatic heterocycles. The molecule has 0 atom stereocenters. The number of fused-ring (bicyclic) bond motifs is 1. The largest absolute Gasteiger partial charge is 0.329 e. The summed E-state index contributed by atoms with van der Waals surface area (Å²) >= 11 is 0. The summed E-state index contributed by atoms with van der Waals surface area (Å²) in [5.74, 6) is -0.591. The predicted octanol–water partition coefficient (Wildman–Crippen LogP) is 3.15. The molecule has 0 spiro atoms. The first kappa shape index (κ1) is 17.1. The Morgan fingerprint density at radius 3 is 2.56 bits per heavy atom. The topological polar surface area (TPSA) is 40.6 Å². The summed E-state index contributed by atoms with van der Waals surface area (Å²) in [6, 6.07) is 13.9. The van der Waals surface area contributed by atoms with Gasteiger partial charge in [0.2, 0.25) is 11.8 Å². The molecule has 1 heterocycles. The highest BCUT2D eigenvalue weighted by molar-refractivity contribution is 5.97. The van der Waals surface area contributed by atoms with Gasteiger partial charge in [0.1, 0.15) is 12.4 Å². The Balaban J connectivity index is 1.73. The van der Waals surface area contributed by atoms with Crippen LogP contribution in [0.4, 0.5) is 10.1 Å². The first-order valence-electron chi connectivity index (χ1n) is 8.43. The minimum atomic E-state index is -0.320. The Morgan fingerprint density at radius 2 is 1.84 bits per heavy atom. The molecule has 0 N–H and O–H groups in total. The fourth-order valence-electron chi connectivity index (χ4n) is 3.13. The van der Waals surface area contributed by atoms with Crippen LogP contribution < -0.4 is 4.90 Å². The van der Waals surface area contributed by atoms with E-state index in [1.54, 1.807) is 17.0 Å². The lowest BCUT2D eigenvalue weighted by molar-refractivity contribution is -0.134. The van der Waals surface area contributed by atoms with Crippen molar-refractivity contribution in [3.63, 3.8) is 0 Å². The van der Waals surface area contributed by atoms with Crippen molar-refractivity contribution in [2.75, 3.05) is 18.0 Å². The second-order valence-electron chi connectivity index (χ2n) is 6.28. The zero-order valence-electron chi connectivity index (χ0n) is 14.2. The lowest BCUT2D eigenvalue weighted by Gasteiger charge is -2.31. The van der Waals surface area contributed by atoms with Crippen molar-refractivity contribution in [3.05, 3.63) is 65.5 Å². The molecule has 130 valence electrons. The number of amides is 2. The predicted molar refractivity (Wildman–Crippen MR) is 94.6 cm³/mol. The highest BCUT2D eigenvalue weighted by atomic mass is 19.1. The van der Waals surface area contributed by atoms with Crippen molar-refractivity contribution in [2.45, 2.75) is 26.3 Å². The van der Waals surface area contributed by atoms with Crippen LogP contribution in [0.1, 0.15) is 24.5 Å². The molecular weight excluding hydrogens is 319 g/mol. The molecule has 2 aromatic rings. The molecular formula is C20H21FN2O2. The van der Waals surface area contributed by atoms with Crippen LogP contribution in [0.5, 0.6) is 0 Å². The molecule has 0 saturated heterocycles. The maximum atomic E-state index is 13.0. The molecule has 0 fully saturated rings. The van der Waals surface area contributed by atoms with Crippen molar-refractivity contribution in [3.8, 4) is 0 Å². The number of nitrogens with zero attached hydrogens (tertiary/aromatic N) is 2. The quantitative estimate of drug-likeness (QED) is 0.858. The Kier molecular flexibility index (Phi) is 5.12. The highest BCUT2D eigenvalue weighted by Gasteiger charge is 2.24. The van der Waals surface area contributed by atoms with Crippen LogP contribution >= 0.6 is 0 Å². The number of benzene rings is 2. The molecule has 0 radical (unpaired) electrons. The van der Waals surface area contributed by atoms with E-state index >= 15 is 0 Å². The van der Waals surface area contributed by atoms with Gasteiger partial charge in [-0.1, -0.05) is 30.3 Å². The van der Waals surface area contributed by atoms with Crippen molar-refractivity contribution >= 4 is 17.5 Å². The molecule has 0 bridgehead atoms. The molecule has 5 heteroatoms. The minimum absolute atomic E-state index is 0.0149. The molecule has 4 nitrogen and oxygen atoms in total. The van der Waals surface area contributed by atoms with Crippen molar-refractivity contribution in [1.29, 1.82) is 0 Å². The normalized spacial score (nSPS) is 13.3. The monoisotopic (exact) mass is 340 g/mol. The number of carbonyl (C=O) groups excluding carboxylic acids is 2. The third kappa shape index (κ3) is 4.05. The standard InChI is InChI=1S/C20H21FN2O2/c1-15(24)22(13-16-8-10-18(21)11-9-16)14-20(25)23-12-4-6-17-5-2-3-7-19(17)23/h2-3,5,7-11H,4,6,12-14H2,1H3. The number of hydrogen-bond donors (Lipinski definition) is 0. The van der Waals surface area contributed by atoms with Gasteiger partial charge in [0.15, 0.2) is 0 Å². The van der Waals surface area contributed by atoms with Gasteiger partial charge in [0, 0.05) is 25.7 Å². The van der Waals surface area contributed by atoms with E-state index in [-0.39, 0.29) is 30.7 Å². The third-order valence-electron chi connectivity index (χ3n) is 4.47. The van der Waals surface area contributed by atoms with E-state index in [0.717, 1.165) is 29.7 Å². The van der Waals surface area contributed by atoms with Gasteiger partial charge in [0.25, 0.3) is 0 Å². The first-order valence-corrected chi connectivity index (χ1v) is 8.43. The number of carbonyl (C=O) groups is 2. The van der Waals surface area contributed by atoms with Gasteiger partial charge < -0.3 is 9.80 Å². The summed E-state index contributed by atoms with van der Waals surface area (Å²) in [4.78, 5) is 28.0. The van der Waals surface area contributed by atoms with E-state index in [9.17, 15) is 14.0 Å². The van der Waals surface area contributed by atoms with Crippen molar-refractivity contribution in [2.24, 2.45) is 0 Å². The molecule has 1 aliphatic rings. The Bertz CT molecular complexity index is 774. The number of halogens is 1. The van der Waals surface area contributed by atoms with Crippen LogP contribution in [0, 0.1) is 5.82 Å². The number of anilines is 1. The second-order valence-corrected chi connectivity index (χ2v) is 6.28. The molecule has 3 rings (SSSR count). The van der Waals surface area contributed by atoms with Gasteiger partial charge in [-0.05, 0) is 42.2 Å². The number of rotatable bonds is 4. The Hall–Kier alpha value is -2.69. The molecule has 2 amide bonds. The summed E-state index contributed by atoms with van der Waals surface area (Å²) in [6.07, 6.45) is 1.88. The summed E-state index contributed by atoms with van der Waals surface area (Å²) < 4.78 is 13.0. The highest BCUT2D eigenvalue weighted by Crippen LogP contribution is 2.26. The molecule has 0 unspecified atom stereocenters. The number of hydrogen-bond acceptors (Lipinski definition) is 2. The van der Waals surface area contributed by atoms with Gasteiger partial charge in [-0.15, -0.1) is 0 Å². The molecule has 0 saturated carbocycles. The van der Waals surface area contributed by atoms with Crippen LogP contribution in [-0.4, -0.2) is 29.8 Å². The van der Waals surface area contributed by atoms with Crippen LogP contribution in [0.2, 0.25) is 0 Å². The zero-order chi connectivity index (χ0) is 17.8. The summed E-state index contributed by atoms with van der Waals surface area (Å²) in [5.41, 5.74) is 2.89. The maximum absolute atomic E-state index is 13.0. The van der Waals surface area contributed by atoms with E-state index in [1.807, 2.05) is 24.3 Å². The maximum Gasteiger partial charge on any atom is 0.246 e. The Morgan fingerprint density at radius 1 is 1.12 bits per heavy atom. The van der Waals surface area contributed by atoms with Gasteiger partial charge in [-0.3, -0.25) is 9.59 Å². The lowest BCUT2D eigenvalue weighted by atomic mass is 10.0. The number of aryl methyl sites for hydroxylation is 1. The van der Waals surface area contributed by atoms with Crippen molar-refractivity contribution in [1.82, 2.24) is 4.90 Å². The smallest absolute Gasteiger partial charge is 0.246 e. The van der Waals surface area contributed by atoms with Gasteiger partial charge in [0.05, 0.1) is 0 Å². The SMILES string of the molecule is CC(=O)N(CC(=O)N1CCCc2ccccc21)Cc1ccc(F)cc1. The van der Waals surface area contributed by atoms with E-state index in [4.69, 9.17) is 0 Å². The van der Waals surface area contributed by atoms with E-state index < -0.39 is 0 Å². The van der Waals surface area contributed by atoms with Crippen LogP contribution in [0.15, 0.2) is 48.5 Å². The van der Waals surface area contributed by atoms with Gasteiger partial charge >= 0.3 is 0 Å². The van der Waals surface area contributed by atoms with Crippen LogP contribution in [-0.2, 0) is 22.6 Å². The van der Waals surface area contributed by atoms with Gasteiger partial charge in [-0.25, -0.2) is 4.39 Å². The summed E-state index contributed by atoms with van der Waals surface area (Å²) in [5, 5.41) is 0. The molecule has 1 aliphatic heterocycles. The van der Waals surface area contributed by atoms with Crippen LogP contribution in [0.3, 0.4) is 0 Å². The number of para-hydroxylation sites is 1. The fraction of sp³-hybridized carbons (Fsp3) is 0.300. The zero-order valence-corrected chi connectivity index (χ0v) is 14.2. The first-order chi connectivity index (χ1) is 12.0. The van der Waals surface area contributed by atoms with Gasteiger partial charge in [-0.2, -0.15) is 0 Å². The average molecular weight is 340 g/mol. The van der Waals surface area contributed by atoms with Crippen molar-refractivity contribution < 1.29 is 14.0 Å². The molecule has 25 heavy (non-hydrogen) atoms. The van der Waals surface area contributed by atoms with E-state index in [1.165, 1.54) is 24.0 Å². The van der Waals surface area contributed by atoms with E-state index in [0.29, 0.717) is 6.54 Å². The van der Waals surface area contributed by atoms with E-state index in [2.05, 4.69) is 0 Å².